The average Bonchev–Trinajstić information content (AvgIpc) is 2.48. The van der Waals surface area contributed by atoms with Crippen LogP contribution in [0.25, 0.3) is 0 Å². The number of alkyl halides is 3. The Morgan fingerprint density at radius 2 is 2.11 bits per heavy atom. The molecule has 7 heteroatoms. The third kappa shape index (κ3) is 2.55. The maximum atomic E-state index is 12.6. The SMILES string of the molecule is O=C([O-])N1CCCSc2cc(C(F)(F)F)ccc21. The summed E-state index contributed by atoms with van der Waals surface area (Å²) in [5.74, 6) is 0.581. The lowest BCUT2D eigenvalue weighted by Crippen LogP contribution is -2.41. The summed E-state index contributed by atoms with van der Waals surface area (Å²) < 4.78 is 37.7. The van der Waals surface area contributed by atoms with Gasteiger partial charge < -0.3 is 14.8 Å². The number of thioether (sulfide) groups is 1. The number of nitrogens with zero attached hydrogens (tertiary/aromatic N) is 1. The number of amides is 1. The van der Waals surface area contributed by atoms with Crippen molar-refractivity contribution in [3.05, 3.63) is 23.8 Å². The van der Waals surface area contributed by atoms with Crippen LogP contribution < -0.4 is 10.0 Å². The molecule has 1 amide bonds. The predicted octanol–water partition coefficient (Wildman–Crippen LogP) is 2.35. The molecule has 0 spiro atoms. The molecule has 1 heterocycles. The number of rotatable bonds is 0. The van der Waals surface area contributed by atoms with Crippen molar-refractivity contribution in [2.75, 3.05) is 17.2 Å². The maximum Gasteiger partial charge on any atom is 0.416 e. The van der Waals surface area contributed by atoms with E-state index in [1.165, 1.54) is 17.8 Å². The zero-order valence-electron chi connectivity index (χ0n) is 9.16. The van der Waals surface area contributed by atoms with Gasteiger partial charge in [-0.3, -0.25) is 0 Å². The number of carbonyl (C=O) groups excluding carboxylic acids is 1. The summed E-state index contributed by atoms with van der Waals surface area (Å²) in [6.07, 6.45) is -5.23. The Balaban J connectivity index is 2.46. The molecule has 1 aliphatic heterocycles. The normalized spacial score (nSPS) is 16.1. The van der Waals surface area contributed by atoms with Crippen molar-refractivity contribution >= 4 is 23.5 Å². The second-order valence-corrected chi connectivity index (χ2v) is 4.94. The fourth-order valence-corrected chi connectivity index (χ4v) is 2.77. The second kappa shape index (κ2) is 4.72. The van der Waals surface area contributed by atoms with E-state index in [1.807, 2.05) is 0 Å². The highest BCUT2D eigenvalue weighted by Gasteiger charge is 2.31. The van der Waals surface area contributed by atoms with Crippen LogP contribution in [0.2, 0.25) is 0 Å². The topological polar surface area (TPSA) is 43.4 Å². The van der Waals surface area contributed by atoms with Crippen LogP contribution in [0.3, 0.4) is 0 Å². The Hall–Kier alpha value is -1.37. The lowest BCUT2D eigenvalue weighted by atomic mass is 10.2. The van der Waals surface area contributed by atoms with Crippen LogP contribution in [-0.4, -0.2) is 18.4 Å². The second-order valence-electron chi connectivity index (χ2n) is 3.80. The highest BCUT2D eigenvalue weighted by atomic mass is 32.2. The molecule has 0 aromatic heterocycles. The molecule has 0 atom stereocenters. The van der Waals surface area contributed by atoms with Crippen molar-refractivity contribution in [3.63, 3.8) is 0 Å². The molecule has 0 aliphatic carbocycles. The van der Waals surface area contributed by atoms with Crippen LogP contribution in [0.15, 0.2) is 23.1 Å². The summed E-state index contributed by atoms with van der Waals surface area (Å²) in [6.45, 7) is 0.244. The van der Waals surface area contributed by atoms with Crippen LogP contribution >= 0.6 is 11.8 Å². The van der Waals surface area contributed by atoms with E-state index in [0.717, 1.165) is 17.0 Å². The quantitative estimate of drug-likeness (QED) is 0.730. The third-order valence-corrected chi connectivity index (χ3v) is 3.71. The lowest BCUT2D eigenvalue weighted by molar-refractivity contribution is -0.246. The van der Waals surface area contributed by atoms with Gasteiger partial charge in [0.2, 0.25) is 0 Å². The molecule has 2 rings (SSSR count). The minimum absolute atomic E-state index is 0.244. The van der Waals surface area contributed by atoms with Gasteiger partial charge >= 0.3 is 6.18 Å². The largest absolute Gasteiger partial charge is 0.530 e. The summed E-state index contributed by atoms with van der Waals surface area (Å²) in [5.41, 5.74) is -0.501. The summed E-state index contributed by atoms with van der Waals surface area (Å²) in [4.78, 5) is 12.2. The summed E-state index contributed by atoms with van der Waals surface area (Å²) >= 11 is 1.23. The van der Waals surface area contributed by atoms with Gasteiger partial charge in [0.15, 0.2) is 0 Å². The molecule has 0 saturated carbocycles. The van der Waals surface area contributed by atoms with Crippen LogP contribution in [0.5, 0.6) is 0 Å². The van der Waals surface area contributed by atoms with Gasteiger partial charge in [-0.1, -0.05) is 0 Å². The van der Waals surface area contributed by atoms with Crippen LogP contribution in [0, 0.1) is 0 Å². The van der Waals surface area contributed by atoms with Crippen molar-refractivity contribution in [3.8, 4) is 0 Å². The average molecular weight is 276 g/mol. The number of carboxylic acid groups (broad SMARTS) is 1. The predicted molar refractivity (Wildman–Crippen MR) is 59.5 cm³/mol. The first-order chi connectivity index (χ1) is 8.39. The Bertz CT molecular complexity index is 476. The zero-order chi connectivity index (χ0) is 13.3. The molecule has 0 fully saturated rings. The number of anilines is 1. The first kappa shape index (κ1) is 13.1. The van der Waals surface area contributed by atoms with Crippen molar-refractivity contribution < 1.29 is 23.1 Å². The van der Waals surface area contributed by atoms with Gasteiger partial charge in [-0.2, -0.15) is 13.2 Å². The van der Waals surface area contributed by atoms with Gasteiger partial charge in [0.05, 0.1) is 11.3 Å². The Morgan fingerprint density at radius 3 is 2.72 bits per heavy atom. The van der Waals surface area contributed by atoms with Crippen LogP contribution in [0.4, 0.5) is 23.7 Å². The van der Waals surface area contributed by atoms with E-state index in [0.29, 0.717) is 17.1 Å². The Labute approximate surface area is 106 Å². The van der Waals surface area contributed by atoms with Gasteiger partial charge in [0.1, 0.15) is 6.09 Å². The van der Waals surface area contributed by atoms with E-state index < -0.39 is 17.8 Å². The van der Waals surface area contributed by atoms with Crippen molar-refractivity contribution in [2.45, 2.75) is 17.5 Å². The van der Waals surface area contributed by atoms with Gasteiger partial charge in [-0.05, 0) is 30.4 Å². The molecule has 1 aromatic rings. The molecule has 0 radical (unpaired) electrons. The standard InChI is InChI=1S/C11H10F3NO2S/c12-11(13,14)7-2-3-8-9(6-7)18-5-1-4-15(8)10(16)17/h2-3,6H,1,4-5H2,(H,16,17)/p-1. The van der Waals surface area contributed by atoms with E-state index in [-0.39, 0.29) is 12.2 Å². The monoisotopic (exact) mass is 276 g/mol. The summed E-state index contributed by atoms with van der Waals surface area (Å²) in [6, 6.07) is 3.06. The number of carbonyl (C=O) groups is 1. The Kier molecular flexibility index (Phi) is 3.43. The maximum absolute atomic E-state index is 12.6. The number of halogens is 3. The molecule has 0 unspecified atom stereocenters. The summed E-state index contributed by atoms with van der Waals surface area (Å²) in [5, 5.41) is 10.9. The van der Waals surface area contributed by atoms with E-state index in [9.17, 15) is 23.1 Å². The number of fused-ring (bicyclic) bond motifs is 1. The third-order valence-electron chi connectivity index (χ3n) is 2.58. The van der Waals surface area contributed by atoms with Crippen molar-refractivity contribution in [2.24, 2.45) is 0 Å². The first-order valence-corrected chi connectivity index (χ1v) is 6.21. The zero-order valence-corrected chi connectivity index (χ0v) is 9.98. The van der Waals surface area contributed by atoms with Crippen molar-refractivity contribution in [1.82, 2.24) is 0 Å². The van der Waals surface area contributed by atoms with E-state index in [2.05, 4.69) is 0 Å². The molecular formula is C11H9F3NO2S-. The molecule has 0 saturated heterocycles. The molecule has 0 N–H and O–H groups in total. The fraction of sp³-hybridized carbons (Fsp3) is 0.364. The van der Waals surface area contributed by atoms with Crippen molar-refractivity contribution in [1.29, 1.82) is 0 Å². The number of hydrogen-bond donors (Lipinski definition) is 0. The molecule has 3 nitrogen and oxygen atoms in total. The van der Waals surface area contributed by atoms with Gasteiger partial charge in [0.25, 0.3) is 0 Å². The highest BCUT2D eigenvalue weighted by molar-refractivity contribution is 7.99. The lowest BCUT2D eigenvalue weighted by Gasteiger charge is -2.25. The molecule has 1 aliphatic rings. The van der Waals surface area contributed by atoms with E-state index in [1.54, 1.807) is 0 Å². The van der Waals surface area contributed by atoms with Gasteiger partial charge in [-0.15, -0.1) is 11.8 Å². The highest BCUT2D eigenvalue weighted by Crippen LogP contribution is 2.38. The summed E-state index contributed by atoms with van der Waals surface area (Å²) in [7, 11) is 0. The number of benzene rings is 1. The van der Waals surface area contributed by atoms with Gasteiger partial charge in [0, 0.05) is 11.4 Å². The molecule has 0 bridgehead atoms. The molecule has 18 heavy (non-hydrogen) atoms. The van der Waals surface area contributed by atoms with E-state index in [4.69, 9.17) is 0 Å². The fourth-order valence-electron chi connectivity index (χ4n) is 1.74. The molecular weight excluding hydrogens is 267 g/mol. The smallest absolute Gasteiger partial charge is 0.416 e. The molecule has 1 aromatic carbocycles. The van der Waals surface area contributed by atoms with Gasteiger partial charge in [-0.25, -0.2) is 0 Å². The Morgan fingerprint density at radius 1 is 1.39 bits per heavy atom. The number of hydrogen-bond acceptors (Lipinski definition) is 3. The van der Waals surface area contributed by atoms with Crippen LogP contribution in [-0.2, 0) is 6.18 Å². The van der Waals surface area contributed by atoms with Crippen LogP contribution in [0.1, 0.15) is 12.0 Å². The molecule has 98 valence electrons. The first-order valence-electron chi connectivity index (χ1n) is 5.22. The minimum Gasteiger partial charge on any atom is -0.530 e. The van der Waals surface area contributed by atoms with E-state index >= 15 is 0 Å². The minimum atomic E-state index is -4.42.